The van der Waals surface area contributed by atoms with Crippen LogP contribution in [0.2, 0.25) is 0 Å². The van der Waals surface area contributed by atoms with Crippen LogP contribution in [0.4, 0.5) is 15.8 Å². The van der Waals surface area contributed by atoms with Gasteiger partial charge in [-0.15, -0.1) is 23.5 Å². The number of anilines is 2. The molecule has 23 heavy (non-hydrogen) atoms. The average Bonchev–Trinajstić information content (AvgIpc) is 2.54. The molecule has 0 saturated carbocycles. The molecule has 1 heterocycles. The van der Waals surface area contributed by atoms with Gasteiger partial charge in [-0.3, -0.25) is 9.59 Å². The van der Waals surface area contributed by atoms with E-state index in [9.17, 15) is 14.0 Å². The van der Waals surface area contributed by atoms with Crippen LogP contribution in [0.15, 0.2) is 52.3 Å². The number of carbonyl (C=O) groups is 2. The van der Waals surface area contributed by atoms with Crippen molar-refractivity contribution in [3.8, 4) is 0 Å². The Morgan fingerprint density at radius 2 is 2.04 bits per heavy atom. The Kier molecular flexibility index (Phi) is 4.88. The molecule has 0 aromatic heterocycles. The monoisotopic (exact) mass is 348 g/mol. The van der Waals surface area contributed by atoms with Crippen LogP contribution in [0.1, 0.15) is 0 Å². The summed E-state index contributed by atoms with van der Waals surface area (Å²) in [5.74, 6) is 0.135. The number of fused-ring (bicyclic) bond motifs is 1. The zero-order valence-electron chi connectivity index (χ0n) is 12.0. The predicted molar refractivity (Wildman–Crippen MR) is 91.5 cm³/mol. The molecule has 2 aromatic carbocycles. The van der Waals surface area contributed by atoms with Crippen LogP contribution in [0.5, 0.6) is 0 Å². The first kappa shape index (κ1) is 15.9. The maximum absolute atomic E-state index is 12.8. The van der Waals surface area contributed by atoms with E-state index in [1.165, 1.54) is 35.7 Å². The van der Waals surface area contributed by atoms with Crippen molar-refractivity contribution in [2.45, 2.75) is 9.79 Å². The zero-order valence-corrected chi connectivity index (χ0v) is 13.6. The van der Waals surface area contributed by atoms with Gasteiger partial charge in [-0.05, 0) is 42.5 Å². The van der Waals surface area contributed by atoms with Crippen LogP contribution in [0.3, 0.4) is 0 Å². The summed E-state index contributed by atoms with van der Waals surface area (Å²) in [5.41, 5.74) is 1.35. The van der Waals surface area contributed by atoms with E-state index in [2.05, 4.69) is 10.6 Å². The zero-order chi connectivity index (χ0) is 16.2. The number of benzene rings is 2. The van der Waals surface area contributed by atoms with Gasteiger partial charge in [0.05, 0.1) is 17.2 Å². The largest absolute Gasteiger partial charge is 0.325 e. The molecule has 0 saturated heterocycles. The Bertz CT molecular complexity index is 750. The molecule has 118 valence electrons. The Balaban J connectivity index is 1.58. The maximum atomic E-state index is 12.8. The summed E-state index contributed by atoms with van der Waals surface area (Å²) in [6.07, 6.45) is 0. The number of thioether (sulfide) groups is 2. The van der Waals surface area contributed by atoms with E-state index in [-0.39, 0.29) is 23.4 Å². The van der Waals surface area contributed by atoms with E-state index < -0.39 is 0 Å². The van der Waals surface area contributed by atoms with Gasteiger partial charge in [0.1, 0.15) is 5.82 Å². The number of halogens is 1. The smallest absolute Gasteiger partial charge is 0.234 e. The Morgan fingerprint density at radius 1 is 1.26 bits per heavy atom. The second-order valence-electron chi connectivity index (χ2n) is 4.84. The van der Waals surface area contributed by atoms with E-state index in [0.29, 0.717) is 11.4 Å². The van der Waals surface area contributed by atoms with Gasteiger partial charge in [0.25, 0.3) is 0 Å². The van der Waals surface area contributed by atoms with Gasteiger partial charge in [0, 0.05) is 15.5 Å². The summed E-state index contributed by atoms with van der Waals surface area (Å²) in [6.45, 7) is 0. The van der Waals surface area contributed by atoms with Crippen molar-refractivity contribution >= 4 is 46.7 Å². The van der Waals surface area contributed by atoms with Crippen LogP contribution in [0, 0.1) is 5.82 Å². The van der Waals surface area contributed by atoms with Crippen LogP contribution in [0.25, 0.3) is 0 Å². The lowest BCUT2D eigenvalue weighted by Crippen LogP contribution is -2.19. The first-order chi connectivity index (χ1) is 11.1. The average molecular weight is 348 g/mol. The number of carbonyl (C=O) groups excluding carboxylic acids is 2. The van der Waals surface area contributed by atoms with Crippen molar-refractivity contribution in [2.75, 3.05) is 22.1 Å². The first-order valence-electron chi connectivity index (χ1n) is 6.85. The van der Waals surface area contributed by atoms with Crippen LogP contribution in [-0.2, 0) is 9.59 Å². The fraction of sp³-hybridized carbons (Fsp3) is 0.125. The number of hydrogen-bond donors (Lipinski definition) is 2. The quantitative estimate of drug-likeness (QED) is 0.829. The number of nitrogens with one attached hydrogen (secondary N) is 2. The second-order valence-corrected chi connectivity index (χ2v) is 6.90. The van der Waals surface area contributed by atoms with Crippen molar-refractivity contribution in [1.82, 2.24) is 0 Å². The molecule has 0 radical (unpaired) electrons. The Labute approximate surface area is 141 Å². The highest BCUT2D eigenvalue weighted by Crippen LogP contribution is 2.33. The summed E-state index contributed by atoms with van der Waals surface area (Å²) in [4.78, 5) is 25.2. The van der Waals surface area contributed by atoms with Gasteiger partial charge in [0.2, 0.25) is 11.8 Å². The molecule has 7 heteroatoms. The molecule has 1 aliphatic rings. The maximum Gasteiger partial charge on any atom is 0.234 e. The van der Waals surface area contributed by atoms with Crippen molar-refractivity contribution < 1.29 is 14.0 Å². The highest BCUT2D eigenvalue weighted by Gasteiger charge is 2.15. The third-order valence-corrected chi connectivity index (χ3v) is 5.17. The molecular weight excluding hydrogens is 335 g/mol. The first-order valence-corrected chi connectivity index (χ1v) is 8.82. The highest BCUT2D eigenvalue weighted by atomic mass is 32.2. The molecule has 0 aliphatic carbocycles. The molecule has 0 bridgehead atoms. The molecule has 0 unspecified atom stereocenters. The van der Waals surface area contributed by atoms with E-state index in [0.717, 1.165) is 15.5 Å². The van der Waals surface area contributed by atoms with Gasteiger partial charge in [-0.2, -0.15) is 0 Å². The molecule has 4 nitrogen and oxygen atoms in total. The summed E-state index contributed by atoms with van der Waals surface area (Å²) in [7, 11) is 0. The molecule has 0 atom stereocenters. The van der Waals surface area contributed by atoms with E-state index in [1.807, 2.05) is 12.1 Å². The molecule has 0 fully saturated rings. The minimum atomic E-state index is -0.298. The molecule has 2 aromatic rings. The molecule has 2 N–H and O–H groups in total. The standard InChI is InChI=1S/C16H13FN2O2S2/c17-10-1-4-12(5-2-10)22-8-15(20)18-11-3-6-14-13(7-11)19-16(21)9-23-14/h1-7H,8-9H2,(H,18,20)(H,19,21). The number of hydrogen-bond acceptors (Lipinski definition) is 4. The molecule has 2 amide bonds. The number of amides is 2. The predicted octanol–water partition coefficient (Wildman–Crippen LogP) is 3.60. The third kappa shape index (κ3) is 4.27. The Hall–Kier alpha value is -1.99. The van der Waals surface area contributed by atoms with Gasteiger partial charge in [0.15, 0.2) is 0 Å². The third-order valence-electron chi connectivity index (χ3n) is 3.08. The normalized spacial score (nSPS) is 13.2. The lowest BCUT2D eigenvalue weighted by Gasteiger charge is -2.17. The van der Waals surface area contributed by atoms with Gasteiger partial charge in [-0.1, -0.05) is 0 Å². The minimum absolute atomic E-state index is 0.0437. The van der Waals surface area contributed by atoms with E-state index in [1.54, 1.807) is 18.2 Å². The minimum Gasteiger partial charge on any atom is -0.325 e. The summed E-state index contributed by atoms with van der Waals surface area (Å²) in [5, 5.41) is 5.58. The summed E-state index contributed by atoms with van der Waals surface area (Å²) in [6, 6.07) is 11.4. The SMILES string of the molecule is O=C(CSc1ccc(F)cc1)Nc1ccc2c(c1)NC(=O)CS2. The summed E-state index contributed by atoms with van der Waals surface area (Å²) < 4.78 is 12.8. The fourth-order valence-electron chi connectivity index (χ4n) is 2.04. The summed E-state index contributed by atoms with van der Waals surface area (Å²) >= 11 is 2.81. The molecule has 0 spiro atoms. The highest BCUT2D eigenvalue weighted by molar-refractivity contribution is 8.00. The topological polar surface area (TPSA) is 58.2 Å². The second kappa shape index (κ2) is 7.06. The molecule has 1 aliphatic heterocycles. The van der Waals surface area contributed by atoms with Crippen LogP contribution in [-0.4, -0.2) is 23.3 Å². The van der Waals surface area contributed by atoms with E-state index in [4.69, 9.17) is 0 Å². The number of rotatable bonds is 4. The lowest BCUT2D eigenvalue weighted by molar-refractivity contribution is -0.114. The van der Waals surface area contributed by atoms with E-state index >= 15 is 0 Å². The Morgan fingerprint density at radius 3 is 2.83 bits per heavy atom. The van der Waals surface area contributed by atoms with Gasteiger partial charge < -0.3 is 10.6 Å². The van der Waals surface area contributed by atoms with Crippen molar-refractivity contribution in [2.24, 2.45) is 0 Å². The van der Waals surface area contributed by atoms with Gasteiger partial charge in [-0.25, -0.2) is 4.39 Å². The van der Waals surface area contributed by atoms with Crippen molar-refractivity contribution in [3.05, 3.63) is 48.3 Å². The van der Waals surface area contributed by atoms with Crippen LogP contribution >= 0.6 is 23.5 Å². The lowest BCUT2D eigenvalue weighted by atomic mass is 10.2. The molecular formula is C16H13FN2O2S2. The van der Waals surface area contributed by atoms with Crippen LogP contribution < -0.4 is 10.6 Å². The van der Waals surface area contributed by atoms with Gasteiger partial charge >= 0.3 is 0 Å². The van der Waals surface area contributed by atoms with Crippen molar-refractivity contribution in [3.63, 3.8) is 0 Å². The molecule has 3 rings (SSSR count). The van der Waals surface area contributed by atoms with Crippen molar-refractivity contribution in [1.29, 1.82) is 0 Å². The fourth-order valence-corrected chi connectivity index (χ4v) is 3.52.